The first-order valence-electron chi connectivity index (χ1n) is 16.3. The van der Waals surface area contributed by atoms with Gasteiger partial charge in [-0.3, -0.25) is 14.4 Å². The van der Waals surface area contributed by atoms with Crippen LogP contribution in [0.5, 0.6) is 0 Å². The smallest absolute Gasteiger partial charge is 0.408 e. The number of benzene rings is 3. The predicted molar refractivity (Wildman–Crippen MR) is 187 cm³/mol. The Morgan fingerprint density at radius 3 is 2.00 bits per heavy atom. The first-order chi connectivity index (χ1) is 23.2. The van der Waals surface area contributed by atoms with Crippen molar-refractivity contribution in [3.63, 3.8) is 0 Å². The highest BCUT2D eigenvalue weighted by Crippen LogP contribution is 2.21. The highest BCUT2D eigenvalue weighted by molar-refractivity contribution is 5.95. The number of alkyl halides is 3. The molecule has 3 aromatic carbocycles. The molecule has 0 aliphatic rings. The van der Waals surface area contributed by atoms with Crippen molar-refractivity contribution < 1.29 is 37.1 Å². The van der Waals surface area contributed by atoms with Crippen LogP contribution in [0.1, 0.15) is 52.2 Å². The van der Waals surface area contributed by atoms with Crippen LogP contribution in [0.4, 0.5) is 18.0 Å². The Morgan fingerprint density at radius 1 is 0.780 bits per heavy atom. The molecule has 0 spiro atoms. The van der Waals surface area contributed by atoms with Crippen LogP contribution in [0.3, 0.4) is 0 Å². The summed E-state index contributed by atoms with van der Waals surface area (Å²) in [7, 11) is 2.82. The standard InChI is InChI=1S/C38H47F3N4O5/c1-36(2,3)50-35(49)43-37(4,5)21-13-18-32(46)44(6)31(24-27-19-20-28-16-11-12-17-29(28)22-27)34(48)45(7)30(23-26-14-9-8-10-15-26)33(47)42-25-38(39,40)41/h8-20,22,30-31H,21,23-25H2,1-7H3,(H,42,47)(H,43,49)/t30-,31-/m1/s1. The molecule has 270 valence electrons. The largest absolute Gasteiger partial charge is 0.444 e. The number of carbonyl (C=O) groups excluding carboxylic acids is 4. The van der Waals surface area contributed by atoms with Gasteiger partial charge in [0.05, 0.1) is 0 Å². The molecule has 12 heteroatoms. The molecule has 50 heavy (non-hydrogen) atoms. The lowest BCUT2D eigenvalue weighted by atomic mass is 9.98. The number of halogens is 3. The average molecular weight is 697 g/mol. The lowest BCUT2D eigenvalue weighted by molar-refractivity contribution is -0.149. The van der Waals surface area contributed by atoms with Crippen LogP contribution in [-0.2, 0) is 32.0 Å². The molecule has 2 atom stereocenters. The fourth-order valence-electron chi connectivity index (χ4n) is 5.27. The molecule has 0 saturated carbocycles. The molecule has 0 fully saturated rings. The molecule has 0 saturated heterocycles. The van der Waals surface area contributed by atoms with Crippen LogP contribution >= 0.6 is 0 Å². The third-order valence-corrected chi connectivity index (χ3v) is 7.92. The molecule has 3 aromatic rings. The van der Waals surface area contributed by atoms with E-state index in [0.29, 0.717) is 5.56 Å². The summed E-state index contributed by atoms with van der Waals surface area (Å²) in [5, 5.41) is 6.60. The first-order valence-corrected chi connectivity index (χ1v) is 16.3. The van der Waals surface area contributed by atoms with Crippen molar-refractivity contribution >= 4 is 34.6 Å². The van der Waals surface area contributed by atoms with E-state index in [1.54, 1.807) is 71.0 Å². The minimum Gasteiger partial charge on any atom is -0.444 e. The number of ether oxygens (including phenoxy) is 1. The third kappa shape index (κ3) is 12.5. The molecule has 0 aliphatic heterocycles. The maximum Gasteiger partial charge on any atom is 0.408 e. The minimum absolute atomic E-state index is 0.0488. The van der Waals surface area contributed by atoms with Gasteiger partial charge in [0.25, 0.3) is 0 Å². The molecule has 2 N–H and O–H groups in total. The summed E-state index contributed by atoms with van der Waals surface area (Å²) in [5.41, 5.74) is -0.0801. The maximum absolute atomic E-state index is 14.3. The number of hydrogen-bond acceptors (Lipinski definition) is 5. The number of rotatable bonds is 13. The van der Waals surface area contributed by atoms with Gasteiger partial charge in [0.15, 0.2) is 0 Å². The average Bonchev–Trinajstić information content (AvgIpc) is 3.02. The second-order valence-corrected chi connectivity index (χ2v) is 14.0. The van der Waals surface area contributed by atoms with Crippen molar-refractivity contribution in [3.05, 3.63) is 96.1 Å². The topological polar surface area (TPSA) is 108 Å². The van der Waals surface area contributed by atoms with Gasteiger partial charge in [-0.2, -0.15) is 13.2 Å². The molecule has 0 radical (unpaired) electrons. The second kappa shape index (κ2) is 16.7. The molecule has 4 amide bonds. The van der Waals surface area contributed by atoms with E-state index in [1.165, 1.54) is 25.1 Å². The lowest BCUT2D eigenvalue weighted by Crippen LogP contribution is -2.56. The van der Waals surface area contributed by atoms with Crippen LogP contribution in [-0.4, -0.2) is 83.7 Å². The van der Waals surface area contributed by atoms with Gasteiger partial charge in [0, 0.05) is 32.5 Å². The summed E-state index contributed by atoms with van der Waals surface area (Å²) in [5.74, 6) is -2.12. The summed E-state index contributed by atoms with van der Waals surface area (Å²) in [6.07, 6.45) is -2.09. The predicted octanol–water partition coefficient (Wildman–Crippen LogP) is 6.21. The first kappa shape index (κ1) is 39.6. The van der Waals surface area contributed by atoms with E-state index in [2.05, 4.69) is 5.32 Å². The molecular formula is C38H47F3N4O5. The van der Waals surface area contributed by atoms with E-state index in [4.69, 9.17) is 4.74 Å². The fraction of sp³-hybridized carbons (Fsp3) is 0.421. The van der Waals surface area contributed by atoms with Crippen LogP contribution in [0.25, 0.3) is 10.8 Å². The van der Waals surface area contributed by atoms with Crippen LogP contribution in [0.2, 0.25) is 0 Å². The zero-order valence-corrected chi connectivity index (χ0v) is 29.6. The number of amides is 4. The molecule has 0 aliphatic carbocycles. The number of likely N-dealkylation sites (N-methyl/N-ethyl adjacent to an activating group) is 2. The summed E-state index contributed by atoms with van der Waals surface area (Å²) in [4.78, 5) is 55.8. The van der Waals surface area contributed by atoms with Gasteiger partial charge < -0.3 is 25.2 Å². The summed E-state index contributed by atoms with van der Waals surface area (Å²) < 4.78 is 44.5. The second-order valence-electron chi connectivity index (χ2n) is 14.0. The van der Waals surface area contributed by atoms with Gasteiger partial charge in [-0.25, -0.2) is 4.79 Å². The summed E-state index contributed by atoms with van der Waals surface area (Å²) in [6, 6.07) is 19.6. The number of carbonyl (C=O) groups is 4. The molecule has 0 unspecified atom stereocenters. The molecule has 0 heterocycles. The molecule has 0 bridgehead atoms. The Labute approximate surface area is 291 Å². The quantitative estimate of drug-likeness (QED) is 0.207. The molecular weight excluding hydrogens is 649 g/mol. The third-order valence-electron chi connectivity index (χ3n) is 7.92. The van der Waals surface area contributed by atoms with Gasteiger partial charge in [0.2, 0.25) is 17.7 Å². The molecule has 3 rings (SSSR count). The fourth-order valence-corrected chi connectivity index (χ4v) is 5.27. The van der Waals surface area contributed by atoms with Gasteiger partial charge in [-0.05, 0) is 69.0 Å². The highest BCUT2D eigenvalue weighted by atomic mass is 19.4. The van der Waals surface area contributed by atoms with Gasteiger partial charge >= 0.3 is 12.3 Å². The van der Waals surface area contributed by atoms with Gasteiger partial charge in [-0.1, -0.05) is 78.9 Å². The van der Waals surface area contributed by atoms with Crippen molar-refractivity contribution in [2.24, 2.45) is 0 Å². The monoisotopic (exact) mass is 696 g/mol. The van der Waals surface area contributed by atoms with Crippen LogP contribution in [0.15, 0.2) is 84.9 Å². The van der Waals surface area contributed by atoms with Crippen molar-refractivity contribution in [3.8, 4) is 0 Å². The van der Waals surface area contributed by atoms with Gasteiger partial charge in [-0.15, -0.1) is 0 Å². The van der Waals surface area contributed by atoms with Crippen LogP contribution < -0.4 is 10.6 Å². The van der Waals surface area contributed by atoms with Gasteiger partial charge in [0.1, 0.15) is 24.2 Å². The Hall–Kier alpha value is -4.87. The van der Waals surface area contributed by atoms with E-state index >= 15 is 0 Å². The normalized spacial score (nSPS) is 13.4. The Kier molecular flexibility index (Phi) is 13.2. The minimum atomic E-state index is -4.65. The number of alkyl carbamates (subject to hydrolysis) is 1. The van der Waals surface area contributed by atoms with E-state index in [-0.39, 0.29) is 19.3 Å². The van der Waals surface area contributed by atoms with E-state index in [9.17, 15) is 32.3 Å². The number of nitrogens with zero attached hydrogens (tertiary/aromatic N) is 2. The maximum atomic E-state index is 14.3. The number of hydrogen-bond donors (Lipinski definition) is 2. The van der Waals surface area contributed by atoms with Crippen molar-refractivity contribution in [1.82, 2.24) is 20.4 Å². The molecule has 0 aromatic heterocycles. The number of nitrogens with one attached hydrogen (secondary N) is 2. The SMILES string of the molecule is CN(C(=O)C=CCC(C)(C)NC(=O)OC(C)(C)C)[C@H](Cc1ccc2ccccc2c1)C(=O)N(C)[C@H](Cc1ccccc1)C(=O)NCC(F)(F)F. The summed E-state index contributed by atoms with van der Waals surface area (Å²) >= 11 is 0. The van der Waals surface area contributed by atoms with Crippen molar-refractivity contribution in [2.45, 2.75) is 83.3 Å². The van der Waals surface area contributed by atoms with E-state index < -0.39 is 59.8 Å². The Bertz CT molecular complexity index is 1670. The van der Waals surface area contributed by atoms with Crippen LogP contribution in [0, 0.1) is 0 Å². The van der Waals surface area contributed by atoms with E-state index in [1.807, 2.05) is 47.8 Å². The Morgan fingerprint density at radius 2 is 1.38 bits per heavy atom. The highest BCUT2D eigenvalue weighted by Gasteiger charge is 2.36. The van der Waals surface area contributed by atoms with E-state index in [0.717, 1.165) is 21.2 Å². The lowest BCUT2D eigenvalue weighted by Gasteiger charge is -2.34. The number of fused-ring (bicyclic) bond motifs is 1. The van der Waals surface area contributed by atoms with Crippen molar-refractivity contribution in [2.75, 3.05) is 20.6 Å². The Balaban J connectivity index is 1.91. The zero-order valence-electron chi connectivity index (χ0n) is 29.6. The van der Waals surface area contributed by atoms with Crippen molar-refractivity contribution in [1.29, 1.82) is 0 Å². The summed E-state index contributed by atoms with van der Waals surface area (Å²) in [6.45, 7) is 7.24. The molecule has 9 nitrogen and oxygen atoms in total. The zero-order chi connectivity index (χ0) is 37.3.